The second kappa shape index (κ2) is 12.5. The maximum absolute atomic E-state index is 12.6. The van der Waals surface area contributed by atoms with Crippen molar-refractivity contribution in [1.82, 2.24) is 15.3 Å². The number of benzene rings is 2. The van der Waals surface area contributed by atoms with Crippen LogP contribution in [0.5, 0.6) is 5.75 Å². The molecule has 3 heterocycles. The number of thioether (sulfide) groups is 1. The number of aromatic nitrogens is 2. The Bertz CT molecular complexity index is 1230. The Kier molecular flexibility index (Phi) is 8.65. The number of hydrogen-bond donors (Lipinski definition) is 1. The molecule has 1 aromatic heterocycles. The molecule has 0 saturated carbocycles. The first-order chi connectivity index (χ1) is 18.6. The molecular weight excluding hydrogens is 498 g/mol. The van der Waals surface area contributed by atoms with Crippen LogP contribution in [-0.4, -0.2) is 68.4 Å². The van der Waals surface area contributed by atoms with E-state index in [4.69, 9.17) is 14.5 Å². The van der Waals surface area contributed by atoms with E-state index in [-0.39, 0.29) is 12.0 Å². The number of amides is 1. The van der Waals surface area contributed by atoms with Gasteiger partial charge >= 0.3 is 0 Å². The smallest absolute Gasteiger partial charge is 0.251 e. The summed E-state index contributed by atoms with van der Waals surface area (Å²) in [7, 11) is 1.69. The molecule has 0 radical (unpaired) electrons. The Morgan fingerprint density at radius 1 is 1.08 bits per heavy atom. The lowest BCUT2D eigenvalue weighted by molar-refractivity contribution is 0.0857. The zero-order valence-corrected chi connectivity index (χ0v) is 22.9. The highest BCUT2D eigenvalue weighted by Gasteiger charge is 2.20. The molecule has 38 heavy (non-hydrogen) atoms. The molecule has 1 N–H and O–H groups in total. The molecule has 2 saturated heterocycles. The van der Waals surface area contributed by atoms with Crippen molar-refractivity contribution in [1.29, 1.82) is 0 Å². The largest absolute Gasteiger partial charge is 0.497 e. The molecule has 1 atom stereocenters. The summed E-state index contributed by atoms with van der Waals surface area (Å²) in [5.74, 6) is 2.48. The quantitative estimate of drug-likeness (QED) is 0.322. The van der Waals surface area contributed by atoms with Gasteiger partial charge in [0.05, 0.1) is 13.2 Å². The number of carbonyl (C=O) groups is 1. The molecular formula is C29H35N5O3S. The fraction of sp³-hybridized carbons (Fsp3) is 0.414. The van der Waals surface area contributed by atoms with E-state index in [9.17, 15) is 4.79 Å². The van der Waals surface area contributed by atoms with E-state index >= 15 is 0 Å². The van der Waals surface area contributed by atoms with Crippen LogP contribution in [0.2, 0.25) is 0 Å². The summed E-state index contributed by atoms with van der Waals surface area (Å²) in [6.45, 7) is 7.02. The first kappa shape index (κ1) is 26.3. The van der Waals surface area contributed by atoms with E-state index in [0.29, 0.717) is 17.9 Å². The molecule has 2 aliphatic rings. The predicted octanol–water partition coefficient (Wildman–Crippen LogP) is 4.32. The molecule has 0 bridgehead atoms. The number of carbonyl (C=O) groups excluding carboxylic acids is 1. The number of nitrogens with zero attached hydrogens (tertiary/aromatic N) is 4. The van der Waals surface area contributed by atoms with Gasteiger partial charge in [0.15, 0.2) is 5.16 Å². The molecule has 0 aliphatic carbocycles. The summed E-state index contributed by atoms with van der Waals surface area (Å²) < 4.78 is 10.9. The summed E-state index contributed by atoms with van der Waals surface area (Å²) in [5, 5.41) is 3.76. The average molecular weight is 534 g/mol. The molecule has 2 fully saturated rings. The maximum atomic E-state index is 12.6. The van der Waals surface area contributed by atoms with Crippen molar-refractivity contribution in [3.05, 3.63) is 71.4 Å². The maximum Gasteiger partial charge on any atom is 0.251 e. The topological polar surface area (TPSA) is 79.8 Å². The number of methoxy groups -OCH3 is 1. The molecule has 200 valence electrons. The molecule has 2 aromatic carbocycles. The normalized spacial score (nSPS) is 17.5. The van der Waals surface area contributed by atoms with Crippen LogP contribution >= 0.6 is 11.8 Å². The van der Waals surface area contributed by atoms with E-state index in [0.717, 1.165) is 73.6 Å². The lowest BCUT2D eigenvalue weighted by Gasteiger charge is -2.36. The SMILES string of the molecule is COc1ccc(N2CCN(c3cc(C)nc(SCc4cccc(C(=O)NCC5CCCO5)c4)n3)CC2)cc1. The highest BCUT2D eigenvalue weighted by Crippen LogP contribution is 2.26. The summed E-state index contributed by atoms with van der Waals surface area (Å²) >= 11 is 1.60. The van der Waals surface area contributed by atoms with Gasteiger partial charge in [-0.05, 0) is 61.7 Å². The number of aryl methyl sites for hydroxylation is 1. The molecule has 9 heteroatoms. The number of anilines is 2. The van der Waals surface area contributed by atoms with Crippen LogP contribution in [0.25, 0.3) is 0 Å². The van der Waals surface area contributed by atoms with Crippen molar-refractivity contribution >= 4 is 29.2 Å². The Balaban J connectivity index is 1.16. The van der Waals surface area contributed by atoms with Gasteiger partial charge in [-0.25, -0.2) is 9.97 Å². The standard InChI is InChI=1S/C29H35N5O3S/c1-21-17-27(34-14-12-33(13-15-34)24-8-10-25(36-2)11-9-24)32-29(31-21)38-20-22-5-3-6-23(18-22)28(35)30-19-26-7-4-16-37-26/h3,5-6,8-11,17-18,26H,4,7,12-16,19-20H2,1-2H3,(H,30,35). The van der Waals surface area contributed by atoms with Crippen LogP contribution in [0, 0.1) is 6.92 Å². The van der Waals surface area contributed by atoms with E-state index in [1.807, 2.05) is 43.3 Å². The van der Waals surface area contributed by atoms with E-state index < -0.39 is 0 Å². The van der Waals surface area contributed by atoms with Crippen LogP contribution in [0.15, 0.2) is 59.8 Å². The van der Waals surface area contributed by atoms with Gasteiger partial charge in [0.1, 0.15) is 11.6 Å². The highest BCUT2D eigenvalue weighted by atomic mass is 32.2. The van der Waals surface area contributed by atoms with Crippen molar-refractivity contribution in [2.24, 2.45) is 0 Å². The van der Waals surface area contributed by atoms with Gasteiger partial charge in [-0.1, -0.05) is 23.9 Å². The Labute approximate surface area is 228 Å². The molecule has 2 aliphatic heterocycles. The number of rotatable bonds is 9. The Morgan fingerprint density at radius 3 is 2.61 bits per heavy atom. The minimum atomic E-state index is -0.0600. The van der Waals surface area contributed by atoms with Crippen molar-refractivity contribution in [2.45, 2.75) is 36.8 Å². The summed E-state index contributed by atoms with van der Waals surface area (Å²) in [6.07, 6.45) is 2.21. The van der Waals surface area contributed by atoms with E-state index in [1.54, 1.807) is 18.9 Å². The fourth-order valence-corrected chi connectivity index (χ4v) is 5.64. The summed E-state index contributed by atoms with van der Waals surface area (Å²) in [6, 6.07) is 18.1. The predicted molar refractivity (Wildman–Crippen MR) is 151 cm³/mol. The number of ether oxygens (including phenoxy) is 2. The fourth-order valence-electron chi connectivity index (χ4n) is 4.80. The minimum absolute atomic E-state index is 0.0600. The molecule has 0 spiro atoms. The molecule has 5 rings (SSSR count). The van der Waals surface area contributed by atoms with Gasteiger partial charge in [-0.3, -0.25) is 4.79 Å². The zero-order valence-electron chi connectivity index (χ0n) is 22.1. The average Bonchev–Trinajstić information content (AvgIpc) is 3.49. The summed E-state index contributed by atoms with van der Waals surface area (Å²) in [5.41, 5.74) is 3.90. The van der Waals surface area contributed by atoms with Crippen molar-refractivity contribution in [2.75, 3.05) is 56.2 Å². The van der Waals surface area contributed by atoms with Crippen molar-refractivity contribution < 1.29 is 14.3 Å². The number of piperazine rings is 1. The number of nitrogens with one attached hydrogen (secondary N) is 1. The van der Waals surface area contributed by atoms with Crippen molar-refractivity contribution in [3.63, 3.8) is 0 Å². The first-order valence-corrected chi connectivity index (χ1v) is 14.2. The van der Waals surface area contributed by atoms with Gasteiger partial charge < -0.3 is 24.6 Å². The molecule has 3 aromatic rings. The van der Waals surface area contributed by atoms with Gasteiger partial charge in [-0.15, -0.1) is 0 Å². The minimum Gasteiger partial charge on any atom is -0.497 e. The van der Waals surface area contributed by atoms with Crippen LogP contribution in [-0.2, 0) is 10.5 Å². The van der Waals surface area contributed by atoms with Gasteiger partial charge in [0, 0.05) is 68.1 Å². The summed E-state index contributed by atoms with van der Waals surface area (Å²) in [4.78, 5) is 26.9. The first-order valence-electron chi connectivity index (χ1n) is 13.2. The van der Waals surface area contributed by atoms with Gasteiger partial charge in [-0.2, -0.15) is 0 Å². The third-order valence-electron chi connectivity index (χ3n) is 6.93. The molecule has 1 amide bonds. The van der Waals surface area contributed by atoms with E-state index in [1.165, 1.54) is 5.69 Å². The highest BCUT2D eigenvalue weighted by molar-refractivity contribution is 7.98. The number of hydrogen-bond acceptors (Lipinski definition) is 8. The third kappa shape index (κ3) is 6.76. The lowest BCUT2D eigenvalue weighted by atomic mass is 10.1. The van der Waals surface area contributed by atoms with Gasteiger partial charge in [0.25, 0.3) is 5.91 Å². The lowest BCUT2D eigenvalue weighted by Crippen LogP contribution is -2.46. The molecule has 1 unspecified atom stereocenters. The van der Waals surface area contributed by atoms with Crippen LogP contribution in [0.4, 0.5) is 11.5 Å². The Morgan fingerprint density at radius 2 is 1.87 bits per heavy atom. The van der Waals surface area contributed by atoms with Crippen LogP contribution in [0.3, 0.4) is 0 Å². The molecule has 8 nitrogen and oxygen atoms in total. The zero-order chi connectivity index (χ0) is 26.3. The van der Waals surface area contributed by atoms with E-state index in [2.05, 4.69) is 38.3 Å². The van der Waals surface area contributed by atoms with Gasteiger partial charge in [0.2, 0.25) is 0 Å². The van der Waals surface area contributed by atoms with Crippen LogP contribution < -0.4 is 19.9 Å². The second-order valence-electron chi connectivity index (χ2n) is 9.66. The Hall–Kier alpha value is -3.30. The van der Waals surface area contributed by atoms with Crippen molar-refractivity contribution in [3.8, 4) is 5.75 Å². The third-order valence-corrected chi connectivity index (χ3v) is 7.85. The monoisotopic (exact) mass is 533 g/mol. The van der Waals surface area contributed by atoms with Crippen LogP contribution in [0.1, 0.15) is 34.5 Å². The second-order valence-corrected chi connectivity index (χ2v) is 10.6.